The number of carbonyl (C=O) groups is 3. The van der Waals surface area contributed by atoms with E-state index in [1.165, 1.54) is 16.9 Å². The monoisotopic (exact) mass is 540 g/mol. The number of ether oxygens (including phenoxy) is 3. The standard InChI is InChI=1S/C31H44N2O6/c1-21-18-23(16-17-25(21)38-20-22-14-12-11-13-15-22)19-24(28(35)37-10)32(8)27(34)26(30(2,3)4)33(9)29(36)39-31(5,6)7/h11-18,24,26H,19-20H2,1-10H3/t24-,26+/m0/s1. The molecule has 0 heterocycles. The maximum atomic E-state index is 13.8. The summed E-state index contributed by atoms with van der Waals surface area (Å²) < 4.78 is 16.6. The third kappa shape index (κ3) is 9.01. The number of aryl methyl sites for hydroxylation is 1. The molecule has 0 fully saturated rings. The van der Waals surface area contributed by atoms with Gasteiger partial charge in [-0.2, -0.15) is 0 Å². The lowest BCUT2D eigenvalue weighted by molar-refractivity contribution is -0.155. The van der Waals surface area contributed by atoms with E-state index in [1.54, 1.807) is 34.9 Å². The van der Waals surface area contributed by atoms with E-state index in [0.717, 1.165) is 22.4 Å². The Bertz CT molecular complexity index is 1130. The van der Waals surface area contributed by atoms with Crippen molar-refractivity contribution in [2.24, 2.45) is 5.41 Å². The van der Waals surface area contributed by atoms with Crippen molar-refractivity contribution in [1.29, 1.82) is 0 Å². The van der Waals surface area contributed by atoms with Crippen LogP contribution in [0.2, 0.25) is 0 Å². The van der Waals surface area contributed by atoms with E-state index in [2.05, 4.69) is 0 Å². The Morgan fingerprint density at radius 1 is 0.872 bits per heavy atom. The molecule has 2 atom stereocenters. The molecule has 0 aliphatic rings. The number of benzene rings is 2. The third-order valence-electron chi connectivity index (χ3n) is 6.32. The van der Waals surface area contributed by atoms with Crippen LogP contribution >= 0.6 is 0 Å². The van der Waals surface area contributed by atoms with Crippen molar-refractivity contribution >= 4 is 18.0 Å². The predicted molar refractivity (Wildman–Crippen MR) is 151 cm³/mol. The van der Waals surface area contributed by atoms with Crippen LogP contribution in [0.15, 0.2) is 48.5 Å². The second-order valence-electron chi connectivity index (χ2n) is 11.9. The molecule has 214 valence electrons. The van der Waals surface area contributed by atoms with Gasteiger partial charge in [0.25, 0.3) is 0 Å². The van der Waals surface area contributed by atoms with Crippen LogP contribution in [0.3, 0.4) is 0 Å². The highest BCUT2D eigenvalue weighted by atomic mass is 16.6. The number of hydrogen-bond acceptors (Lipinski definition) is 6. The molecule has 0 spiro atoms. The van der Waals surface area contributed by atoms with Crippen LogP contribution in [0.25, 0.3) is 0 Å². The Balaban J connectivity index is 2.27. The summed E-state index contributed by atoms with van der Waals surface area (Å²) in [5, 5.41) is 0. The first-order valence-corrected chi connectivity index (χ1v) is 13.1. The number of rotatable bonds is 9. The number of nitrogens with zero attached hydrogens (tertiary/aromatic N) is 2. The highest BCUT2D eigenvalue weighted by Gasteiger charge is 2.42. The largest absolute Gasteiger partial charge is 0.489 e. The third-order valence-corrected chi connectivity index (χ3v) is 6.32. The van der Waals surface area contributed by atoms with Gasteiger partial charge < -0.3 is 19.1 Å². The summed E-state index contributed by atoms with van der Waals surface area (Å²) in [5.74, 6) is -0.181. The van der Waals surface area contributed by atoms with Crippen molar-refractivity contribution in [3.8, 4) is 5.75 Å². The van der Waals surface area contributed by atoms with E-state index >= 15 is 0 Å². The zero-order chi connectivity index (χ0) is 29.5. The van der Waals surface area contributed by atoms with E-state index in [9.17, 15) is 14.4 Å². The fraction of sp³-hybridized carbons (Fsp3) is 0.516. The second kappa shape index (κ2) is 13.0. The first-order chi connectivity index (χ1) is 18.0. The van der Waals surface area contributed by atoms with Gasteiger partial charge in [-0.05, 0) is 55.9 Å². The predicted octanol–water partition coefficient (Wildman–Crippen LogP) is 5.40. The molecule has 8 heteroatoms. The maximum Gasteiger partial charge on any atom is 0.410 e. The molecule has 2 aromatic carbocycles. The Labute approximate surface area is 233 Å². The Morgan fingerprint density at radius 2 is 1.49 bits per heavy atom. The van der Waals surface area contributed by atoms with Gasteiger partial charge in [-0.15, -0.1) is 0 Å². The molecule has 2 amide bonds. The normalized spacial score (nSPS) is 13.2. The first-order valence-electron chi connectivity index (χ1n) is 13.1. The smallest absolute Gasteiger partial charge is 0.410 e. The summed E-state index contributed by atoms with van der Waals surface area (Å²) in [6.45, 7) is 13.3. The second-order valence-corrected chi connectivity index (χ2v) is 11.9. The summed E-state index contributed by atoms with van der Waals surface area (Å²) in [6, 6.07) is 13.8. The number of esters is 1. The zero-order valence-corrected chi connectivity index (χ0v) is 25.0. The van der Waals surface area contributed by atoms with E-state index in [1.807, 2.05) is 76.2 Å². The van der Waals surface area contributed by atoms with Crippen molar-refractivity contribution in [3.63, 3.8) is 0 Å². The molecule has 39 heavy (non-hydrogen) atoms. The van der Waals surface area contributed by atoms with Gasteiger partial charge in [0.05, 0.1) is 7.11 Å². The van der Waals surface area contributed by atoms with Gasteiger partial charge >= 0.3 is 12.1 Å². The Hall–Kier alpha value is -3.55. The molecule has 0 unspecified atom stereocenters. The molecule has 0 aliphatic carbocycles. The number of hydrogen-bond donors (Lipinski definition) is 0. The van der Waals surface area contributed by atoms with Crippen LogP contribution in [0, 0.1) is 12.3 Å². The lowest BCUT2D eigenvalue weighted by Gasteiger charge is -2.40. The Morgan fingerprint density at radius 3 is 2.00 bits per heavy atom. The molecule has 0 bridgehead atoms. The number of methoxy groups -OCH3 is 1. The molecule has 0 saturated carbocycles. The van der Waals surface area contributed by atoms with Crippen molar-refractivity contribution < 1.29 is 28.6 Å². The molecule has 0 aliphatic heterocycles. The molecule has 0 aromatic heterocycles. The lowest BCUT2D eigenvalue weighted by atomic mass is 9.84. The molecule has 0 N–H and O–H groups in total. The fourth-order valence-electron chi connectivity index (χ4n) is 4.38. The minimum absolute atomic E-state index is 0.238. The van der Waals surface area contributed by atoms with Crippen LogP contribution in [0.4, 0.5) is 4.79 Å². The van der Waals surface area contributed by atoms with Crippen LogP contribution in [-0.4, -0.2) is 66.7 Å². The average molecular weight is 541 g/mol. The summed E-state index contributed by atoms with van der Waals surface area (Å²) in [5.41, 5.74) is 1.48. The fourth-order valence-corrected chi connectivity index (χ4v) is 4.38. The highest BCUT2D eigenvalue weighted by Crippen LogP contribution is 2.28. The summed E-state index contributed by atoms with van der Waals surface area (Å²) in [7, 11) is 4.41. The number of likely N-dealkylation sites (N-methyl/N-ethyl adjacent to an activating group) is 2. The molecular formula is C31H44N2O6. The number of carbonyl (C=O) groups excluding carboxylic acids is 3. The van der Waals surface area contributed by atoms with Gasteiger partial charge in [-0.3, -0.25) is 9.69 Å². The van der Waals surface area contributed by atoms with Gasteiger partial charge in [0.1, 0.15) is 30.0 Å². The molecule has 0 radical (unpaired) electrons. The van der Waals surface area contributed by atoms with E-state index in [4.69, 9.17) is 14.2 Å². The van der Waals surface area contributed by atoms with Crippen molar-refractivity contribution in [2.75, 3.05) is 21.2 Å². The summed E-state index contributed by atoms with van der Waals surface area (Å²) >= 11 is 0. The molecular weight excluding hydrogens is 496 g/mol. The van der Waals surface area contributed by atoms with Crippen LogP contribution in [-0.2, 0) is 32.1 Å². The van der Waals surface area contributed by atoms with Crippen LogP contribution < -0.4 is 4.74 Å². The van der Waals surface area contributed by atoms with Crippen LogP contribution in [0.1, 0.15) is 58.2 Å². The minimum atomic E-state index is -0.894. The van der Waals surface area contributed by atoms with Gasteiger partial charge in [0.15, 0.2) is 0 Å². The zero-order valence-electron chi connectivity index (χ0n) is 25.0. The Kier molecular flexibility index (Phi) is 10.6. The SMILES string of the molecule is COC(=O)[C@H](Cc1ccc(OCc2ccccc2)c(C)c1)N(C)C(=O)[C@@H](N(C)C(=O)OC(C)(C)C)C(C)(C)C. The average Bonchev–Trinajstić information content (AvgIpc) is 2.84. The summed E-state index contributed by atoms with van der Waals surface area (Å²) in [4.78, 5) is 42.3. The quantitative estimate of drug-likeness (QED) is 0.396. The summed E-state index contributed by atoms with van der Waals surface area (Å²) in [6.07, 6.45) is -0.373. The molecule has 0 saturated heterocycles. The molecule has 2 rings (SSSR count). The highest BCUT2D eigenvalue weighted by molar-refractivity contribution is 5.90. The van der Waals surface area contributed by atoms with Gasteiger partial charge in [-0.1, -0.05) is 63.2 Å². The lowest BCUT2D eigenvalue weighted by Crippen LogP contribution is -2.58. The van der Waals surface area contributed by atoms with Gasteiger partial charge in [-0.25, -0.2) is 9.59 Å². The molecule has 8 nitrogen and oxygen atoms in total. The van der Waals surface area contributed by atoms with E-state index in [0.29, 0.717) is 6.61 Å². The minimum Gasteiger partial charge on any atom is -0.489 e. The van der Waals surface area contributed by atoms with Crippen molar-refractivity contribution in [1.82, 2.24) is 9.80 Å². The van der Waals surface area contributed by atoms with Gasteiger partial charge in [0.2, 0.25) is 5.91 Å². The van der Waals surface area contributed by atoms with Gasteiger partial charge in [0, 0.05) is 20.5 Å². The van der Waals surface area contributed by atoms with Crippen molar-refractivity contribution in [2.45, 2.75) is 79.2 Å². The van der Waals surface area contributed by atoms with E-state index in [-0.39, 0.29) is 12.3 Å². The first kappa shape index (κ1) is 31.7. The van der Waals surface area contributed by atoms with E-state index < -0.39 is 35.2 Å². The van der Waals surface area contributed by atoms with Crippen molar-refractivity contribution in [3.05, 3.63) is 65.2 Å². The molecule has 2 aromatic rings. The topological polar surface area (TPSA) is 85.4 Å². The number of amides is 2. The van der Waals surface area contributed by atoms with Crippen LogP contribution in [0.5, 0.6) is 5.75 Å². The maximum absolute atomic E-state index is 13.8.